The summed E-state index contributed by atoms with van der Waals surface area (Å²) in [5.41, 5.74) is 1.50. The van der Waals surface area contributed by atoms with Crippen LogP contribution in [-0.2, 0) is 14.9 Å². The molecule has 2 aliphatic carbocycles. The second kappa shape index (κ2) is 4.77. The van der Waals surface area contributed by atoms with Gasteiger partial charge in [0.05, 0.1) is 4.90 Å². The molecule has 0 amide bonds. The third kappa shape index (κ3) is 2.21. The van der Waals surface area contributed by atoms with E-state index in [0.717, 1.165) is 18.4 Å². The normalized spacial score (nSPS) is 31.1. The largest absolute Gasteiger partial charge is 0.294 e. The lowest BCUT2D eigenvalue weighted by Gasteiger charge is -2.31. The van der Waals surface area contributed by atoms with E-state index in [9.17, 15) is 17.8 Å². The minimum Gasteiger partial charge on any atom is -0.294 e. The van der Waals surface area contributed by atoms with Crippen LogP contribution in [0.4, 0.5) is 0 Å². The Morgan fingerprint density at radius 1 is 1.26 bits per heavy atom. The van der Waals surface area contributed by atoms with Crippen molar-refractivity contribution >= 4 is 22.0 Å². The highest BCUT2D eigenvalue weighted by molar-refractivity contribution is 7.85. The average Bonchev–Trinajstić information content (AvgIpc) is 2.74. The third-order valence-electron chi connectivity index (χ3n) is 6.18. The molecule has 4 nitrogen and oxygen atoms in total. The molecule has 0 radical (unpaired) electrons. The van der Waals surface area contributed by atoms with Crippen molar-refractivity contribution in [1.82, 2.24) is 0 Å². The average molecular weight is 334 g/mol. The smallest absolute Gasteiger partial charge is 0.294 e. The summed E-state index contributed by atoms with van der Waals surface area (Å²) in [5, 5.41) is 0. The number of fused-ring (bicyclic) bond motifs is 2. The van der Waals surface area contributed by atoms with Crippen molar-refractivity contribution in [3.8, 4) is 0 Å². The summed E-state index contributed by atoms with van der Waals surface area (Å²) in [7, 11) is -4.26. The van der Waals surface area contributed by atoms with Crippen molar-refractivity contribution in [3.63, 3.8) is 0 Å². The number of hydrogen-bond donors (Lipinski definition) is 1. The molecule has 2 fully saturated rings. The number of ketones is 1. The molecule has 0 spiro atoms. The highest BCUT2D eigenvalue weighted by atomic mass is 32.2. The molecule has 3 rings (SSSR count). The van der Waals surface area contributed by atoms with Gasteiger partial charge in [0.25, 0.3) is 10.1 Å². The van der Waals surface area contributed by atoms with Crippen LogP contribution in [0.5, 0.6) is 0 Å². The summed E-state index contributed by atoms with van der Waals surface area (Å²) in [6, 6.07) is 4.87. The van der Waals surface area contributed by atoms with Crippen LogP contribution in [0.1, 0.15) is 44.7 Å². The van der Waals surface area contributed by atoms with Gasteiger partial charge in [0.2, 0.25) is 0 Å². The minimum absolute atomic E-state index is 0.0769. The lowest BCUT2D eigenvalue weighted by molar-refractivity contribution is -0.125. The Morgan fingerprint density at radius 3 is 2.43 bits per heavy atom. The second-order valence-corrected chi connectivity index (χ2v) is 8.96. The van der Waals surface area contributed by atoms with Crippen LogP contribution in [0.2, 0.25) is 0 Å². The van der Waals surface area contributed by atoms with E-state index in [4.69, 9.17) is 0 Å². The number of benzene rings is 1. The van der Waals surface area contributed by atoms with Gasteiger partial charge in [-0.15, -0.1) is 0 Å². The van der Waals surface area contributed by atoms with Crippen LogP contribution < -0.4 is 0 Å². The van der Waals surface area contributed by atoms with Crippen LogP contribution in [0.3, 0.4) is 0 Å². The number of carbonyl (C=O) groups is 1. The molecule has 1 N–H and O–H groups in total. The van der Waals surface area contributed by atoms with Gasteiger partial charge in [-0.2, -0.15) is 8.42 Å². The first-order valence-corrected chi connectivity index (χ1v) is 9.27. The van der Waals surface area contributed by atoms with Crippen LogP contribution in [0.15, 0.2) is 28.7 Å². The lowest BCUT2D eigenvalue weighted by Crippen LogP contribution is -2.32. The second-order valence-electron chi connectivity index (χ2n) is 7.57. The molecule has 0 saturated heterocycles. The predicted octanol–water partition coefficient (Wildman–Crippen LogP) is 3.65. The van der Waals surface area contributed by atoms with Gasteiger partial charge in [0.1, 0.15) is 0 Å². The van der Waals surface area contributed by atoms with Crippen LogP contribution >= 0.6 is 0 Å². The number of Topliss-reactive ketones (excluding diaryl/α,β-unsaturated/α-hetero) is 1. The summed E-state index contributed by atoms with van der Waals surface area (Å²) in [6.07, 6.45) is 3.69. The fourth-order valence-corrected chi connectivity index (χ4v) is 5.02. The first-order valence-electron chi connectivity index (χ1n) is 7.83. The van der Waals surface area contributed by atoms with Crippen molar-refractivity contribution in [1.29, 1.82) is 0 Å². The molecule has 0 aliphatic heterocycles. The van der Waals surface area contributed by atoms with Crippen molar-refractivity contribution in [2.24, 2.45) is 16.7 Å². The van der Waals surface area contributed by atoms with Crippen LogP contribution in [-0.4, -0.2) is 18.8 Å². The van der Waals surface area contributed by atoms with Gasteiger partial charge in [-0.25, -0.2) is 0 Å². The number of carbonyl (C=O) groups excluding carboxylic acids is 1. The molecule has 1 aromatic carbocycles. The Kier molecular flexibility index (Phi) is 3.40. The molecular formula is C18H22O4S. The molecule has 2 atom stereocenters. The lowest BCUT2D eigenvalue weighted by atomic mass is 9.70. The van der Waals surface area contributed by atoms with Gasteiger partial charge in [0, 0.05) is 5.41 Å². The zero-order valence-electron chi connectivity index (χ0n) is 13.9. The van der Waals surface area contributed by atoms with Crippen molar-refractivity contribution in [2.75, 3.05) is 0 Å². The molecule has 5 heteroatoms. The van der Waals surface area contributed by atoms with Crippen molar-refractivity contribution in [2.45, 2.75) is 45.4 Å². The Labute approximate surface area is 137 Å². The van der Waals surface area contributed by atoms with Gasteiger partial charge in [0.15, 0.2) is 5.78 Å². The van der Waals surface area contributed by atoms with Gasteiger partial charge in [-0.3, -0.25) is 9.35 Å². The third-order valence-corrected chi connectivity index (χ3v) is 7.17. The minimum atomic E-state index is -4.26. The first kappa shape index (κ1) is 16.4. The summed E-state index contributed by atoms with van der Waals surface area (Å²) >= 11 is 0. The molecule has 2 aliphatic rings. The number of hydrogen-bond acceptors (Lipinski definition) is 3. The van der Waals surface area contributed by atoms with Crippen molar-refractivity contribution < 1.29 is 17.8 Å². The molecule has 0 heterocycles. The fourth-order valence-electron chi connectivity index (χ4n) is 4.26. The van der Waals surface area contributed by atoms with Gasteiger partial charge < -0.3 is 0 Å². The van der Waals surface area contributed by atoms with Crippen LogP contribution in [0, 0.1) is 23.7 Å². The van der Waals surface area contributed by atoms with Crippen LogP contribution in [0.25, 0.3) is 6.08 Å². The fraction of sp³-hybridized carbons (Fsp3) is 0.500. The van der Waals surface area contributed by atoms with E-state index in [2.05, 4.69) is 13.8 Å². The molecule has 124 valence electrons. The van der Waals surface area contributed by atoms with E-state index >= 15 is 0 Å². The maximum atomic E-state index is 12.8. The SMILES string of the molecule is Cc1ccc(/C=C2/C(=O)C3(C)CCC2C3(C)C)cc1S(=O)(=O)O. The van der Waals surface area contributed by atoms with Gasteiger partial charge in [-0.05, 0) is 59.9 Å². The highest BCUT2D eigenvalue weighted by Crippen LogP contribution is 2.65. The molecule has 0 aromatic heterocycles. The molecule has 2 unspecified atom stereocenters. The number of rotatable bonds is 2. The first-order chi connectivity index (χ1) is 10.5. The Bertz CT molecular complexity index is 833. The molecule has 23 heavy (non-hydrogen) atoms. The van der Waals surface area contributed by atoms with Gasteiger partial charge in [-0.1, -0.05) is 32.9 Å². The van der Waals surface area contributed by atoms with E-state index in [1.807, 2.05) is 6.92 Å². The van der Waals surface area contributed by atoms with E-state index in [1.54, 1.807) is 25.1 Å². The number of aryl methyl sites for hydroxylation is 1. The maximum Gasteiger partial charge on any atom is 0.294 e. The standard InChI is InChI=1S/C18H22O4S/c1-11-5-6-12(10-15(11)23(20,21)22)9-13-14-7-8-18(4,16(13)19)17(14,2)3/h5-6,9-10,14H,7-8H2,1-4H3,(H,20,21,22)/b13-9+. The summed E-state index contributed by atoms with van der Waals surface area (Å²) in [5.74, 6) is 0.378. The quantitative estimate of drug-likeness (QED) is 0.662. The van der Waals surface area contributed by atoms with E-state index in [1.165, 1.54) is 6.07 Å². The zero-order chi connectivity index (χ0) is 17.2. The maximum absolute atomic E-state index is 12.8. The summed E-state index contributed by atoms with van der Waals surface area (Å²) in [6.45, 7) is 7.95. The Hall–Kier alpha value is -1.46. The highest BCUT2D eigenvalue weighted by Gasteiger charge is 2.63. The molecule has 1 aromatic rings. The van der Waals surface area contributed by atoms with E-state index in [-0.39, 0.29) is 27.4 Å². The Morgan fingerprint density at radius 2 is 1.91 bits per heavy atom. The molecule has 2 saturated carbocycles. The topological polar surface area (TPSA) is 71.4 Å². The van der Waals surface area contributed by atoms with E-state index < -0.39 is 10.1 Å². The summed E-state index contributed by atoms with van der Waals surface area (Å²) in [4.78, 5) is 12.7. The number of allylic oxidation sites excluding steroid dienone is 1. The monoisotopic (exact) mass is 334 g/mol. The predicted molar refractivity (Wildman–Crippen MR) is 88.6 cm³/mol. The van der Waals surface area contributed by atoms with Crippen molar-refractivity contribution in [3.05, 3.63) is 34.9 Å². The molecular weight excluding hydrogens is 312 g/mol. The Balaban J connectivity index is 2.10. The zero-order valence-corrected chi connectivity index (χ0v) is 14.7. The summed E-state index contributed by atoms with van der Waals surface area (Å²) < 4.78 is 32.2. The molecule has 2 bridgehead atoms. The van der Waals surface area contributed by atoms with Gasteiger partial charge >= 0.3 is 0 Å². The van der Waals surface area contributed by atoms with E-state index in [0.29, 0.717) is 11.1 Å².